The Bertz CT molecular complexity index is 2170. The molecule has 2 aliphatic rings. The van der Waals surface area contributed by atoms with Crippen LogP contribution in [-0.2, 0) is 29.5 Å². The van der Waals surface area contributed by atoms with E-state index in [0.29, 0.717) is 31.3 Å². The molecule has 8 atom stereocenters. The maximum atomic E-state index is 14.1. The van der Waals surface area contributed by atoms with Crippen LogP contribution in [0.4, 0.5) is 5.82 Å². The molecular weight excluding hydrogens is 779 g/mol. The predicted octanol–water partition coefficient (Wildman–Crippen LogP) is 2.53. The van der Waals surface area contributed by atoms with Crippen molar-refractivity contribution in [1.29, 1.82) is 5.26 Å². The number of likely N-dealkylation sites (tertiary alicyclic amines) is 1. The summed E-state index contributed by atoms with van der Waals surface area (Å²) >= 11 is 1.57. The molecule has 2 amide bonds. The van der Waals surface area contributed by atoms with Crippen molar-refractivity contribution in [3.05, 3.63) is 65.2 Å². The van der Waals surface area contributed by atoms with E-state index in [2.05, 4.69) is 25.7 Å². The number of unbranched alkanes of at least 4 members (excludes halogenated alkanes) is 2. The van der Waals surface area contributed by atoms with Crippen molar-refractivity contribution in [1.82, 2.24) is 35.1 Å². The molecule has 2 saturated heterocycles. The van der Waals surface area contributed by atoms with E-state index in [-0.39, 0.29) is 55.4 Å². The summed E-state index contributed by atoms with van der Waals surface area (Å²) in [7, 11) is 0. The highest BCUT2D eigenvalue weighted by Gasteiger charge is 2.58. The number of nitrogen functional groups attached to an aromatic ring is 1. The third-order valence-electron chi connectivity index (χ3n) is 11.1. The number of nitrogens with two attached hydrogens (primary N) is 1. The van der Waals surface area contributed by atoms with Crippen molar-refractivity contribution in [2.75, 3.05) is 25.4 Å². The van der Waals surface area contributed by atoms with Gasteiger partial charge in [-0.05, 0) is 61.9 Å². The zero-order valence-corrected chi connectivity index (χ0v) is 34.7. The average Bonchev–Trinajstić information content (AvgIpc) is 3.99. The van der Waals surface area contributed by atoms with Gasteiger partial charge < -0.3 is 46.1 Å². The fourth-order valence-electron chi connectivity index (χ4n) is 7.75. The van der Waals surface area contributed by atoms with Crippen LogP contribution >= 0.6 is 11.3 Å². The number of aliphatic hydroxyl groups excluding tert-OH is 3. The molecule has 4 aromatic rings. The quantitative estimate of drug-likeness (QED) is 0.0745. The molecule has 7 N–H and O–H groups in total. The van der Waals surface area contributed by atoms with Crippen molar-refractivity contribution in [2.45, 2.75) is 115 Å². The number of aryl methyl sites for hydroxylation is 1. The van der Waals surface area contributed by atoms with E-state index < -0.39 is 53.5 Å². The number of β-amino-alcohol motifs (C(OH)–C–C–N with tert-alkyl or cyclic N) is 1. The molecule has 18 heteroatoms. The Morgan fingerprint density at radius 1 is 1.12 bits per heavy atom. The van der Waals surface area contributed by atoms with Gasteiger partial charge in [-0.3, -0.25) is 14.4 Å². The van der Waals surface area contributed by atoms with E-state index >= 15 is 0 Å². The zero-order chi connectivity index (χ0) is 42.6. The number of hydrogen-bond acceptors (Lipinski definition) is 15. The normalized spacial score (nSPS) is 24.2. The fraction of sp³-hybridized carbons (Fsp3) is 0.537. The molecule has 0 radical (unpaired) electrons. The van der Waals surface area contributed by atoms with Gasteiger partial charge in [0.25, 0.3) is 0 Å². The number of ether oxygens (including phenoxy) is 2. The van der Waals surface area contributed by atoms with Crippen molar-refractivity contribution < 1.29 is 39.2 Å². The summed E-state index contributed by atoms with van der Waals surface area (Å²) in [6.45, 7) is 9.81. The summed E-state index contributed by atoms with van der Waals surface area (Å²) in [4.78, 5) is 51.1. The van der Waals surface area contributed by atoms with Crippen molar-refractivity contribution in [3.8, 4) is 16.5 Å². The Labute approximate surface area is 346 Å². The van der Waals surface area contributed by atoms with Gasteiger partial charge in [-0.1, -0.05) is 51.5 Å². The van der Waals surface area contributed by atoms with Crippen LogP contribution in [-0.4, -0.2) is 114 Å². The lowest BCUT2D eigenvalue weighted by molar-refractivity contribution is -0.150. The lowest BCUT2D eigenvalue weighted by Crippen LogP contribution is -2.56. The number of hydrogen-bond donors (Lipinski definition) is 6. The minimum absolute atomic E-state index is 0.0530. The Morgan fingerprint density at radius 2 is 1.86 bits per heavy atom. The van der Waals surface area contributed by atoms with Gasteiger partial charge in [0.2, 0.25) is 17.4 Å². The van der Waals surface area contributed by atoms with Gasteiger partial charge in [-0.15, -0.1) is 11.3 Å². The topological polar surface area (TPSA) is 251 Å². The van der Waals surface area contributed by atoms with E-state index in [0.717, 1.165) is 21.7 Å². The molecular formula is C41H53N9O8S. The molecule has 3 aromatic heterocycles. The molecule has 1 aromatic carbocycles. The maximum Gasteiger partial charge on any atom is 0.305 e. The van der Waals surface area contributed by atoms with Crippen LogP contribution < -0.4 is 16.4 Å². The highest BCUT2D eigenvalue weighted by molar-refractivity contribution is 7.13. The Kier molecular flexibility index (Phi) is 13.3. The maximum absolute atomic E-state index is 14.1. The number of nitriles is 1. The lowest BCUT2D eigenvalue weighted by Gasteiger charge is -2.35. The van der Waals surface area contributed by atoms with Crippen LogP contribution in [0.2, 0.25) is 0 Å². The van der Waals surface area contributed by atoms with Gasteiger partial charge in [-0.25, -0.2) is 14.5 Å². The van der Waals surface area contributed by atoms with Crippen molar-refractivity contribution in [3.63, 3.8) is 0 Å². The standard InChI is InChI=1S/C41H53N9O8S/c1-23(25-10-12-26(13-11-25)34-24(2)46-22-59-34)48-38(55)29-17-27(51)18-49(29)39(56)35(40(3,4)5)44-16-8-6-7-9-32(52)57-19-30-33(53)36(54)41(20-42,58-30)31-15-14-28-37(43)45-21-47-50(28)31/h10-15,21-23,27,29-30,33,35-36,44,51,53-54H,6-9,16-19H2,1-5H3,(H,48,55)(H2,43,45,47)/t23-,27+,29-,30+,33+,35+,36+,41-/m0/s1. The number of carbonyl (C=O) groups is 3. The number of anilines is 1. The van der Waals surface area contributed by atoms with Crippen LogP contribution in [0.3, 0.4) is 0 Å². The number of benzene rings is 1. The molecule has 0 aliphatic carbocycles. The number of rotatable bonds is 15. The Morgan fingerprint density at radius 3 is 2.54 bits per heavy atom. The van der Waals surface area contributed by atoms with Crippen LogP contribution in [0.25, 0.3) is 16.0 Å². The van der Waals surface area contributed by atoms with Gasteiger partial charge in [0.1, 0.15) is 48.9 Å². The van der Waals surface area contributed by atoms with Crippen molar-refractivity contribution >= 4 is 40.5 Å². The van der Waals surface area contributed by atoms with Gasteiger partial charge in [0.05, 0.1) is 40.0 Å². The number of amides is 2. The van der Waals surface area contributed by atoms with Crippen LogP contribution in [0.1, 0.15) is 82.8 Å². The lowest BCUT2D eigenvalue weighted by atomic mass is 9.85. The number of fused-ring (bicyclic) bond motifs is 1. The second-order valence-corrected chi connectivity index (χ2v) is 17.2. The number of esters is 1. The van der Waals surface area contributed by atoms with Crippen LogP contribution in [0.15, 0.2) is 48.2 Å². The predicted molar refractivity (Wildman–Crippen MR) is 217 cm³/mol. The van der Waals surface area contributed by atoms with Crippen LogP contribution in [0, 0.1) is 23.7 Å². The smallest absolute Gasteiger partial charge is 0.305 e. The third-order valence-corrected chi connectivity index (χ3v) is 12.0. The van der Waals surface area contributed by atoms with Gasteiger partial charge in [-0.2, -0.15) is 10.4 Å². The molecule has 0 saturated carbocycles. The van der Waals surface area contributed by atoms with Gasteiger partial charge in [0, 0.05) is 19.4 Å². The Balaban J connectivity index is 0.954. The summed E-state index contributed by atoms with van der Waals surface area (Å²) in [6.07, 6.45) is -2.05. The van der Waals surface area contributed by atoms with Crippen LogP contribution in [0.5, 0.6) is 0 Å². The second kappa shape index (κ2) is 18.1. The zero-order valence-electron chi connectivity index (χ0n) is 33.9. The van der Waals surface area contributed by atoms with E-state index in [4.69, 9.17) is 15.2 Å². The summed E-state index contributed by atoms with van der Waals surface area (Å²) in [5.41, 5.74) is 8.67. The SMILES string of the molecule is Cc1ncsc1-c1ccc([C@H](C)NC(=O)[C@@H]2C[C@@H](O)CN2C(=O)[C@@H](NCCCCCC(=O)OC[C@H]2O[C@@](C#N)(c3ccc4c(N)ncnn34)[C@H](O)[C@@H]2O)C(C)(C)C)cc1. The first-order valence-corrected chi connectivity index (χ1v) is 20.7. The van der Waals surface area contributed by atoms with Gasteiger partial charge >= 0.3 is 5.97 Å². The molecule has 6 rings (SSSR count). The summed E-state index contributed by atoms with van der Waals surface area (Å²) < 4.78 is 12.6. The van der Waals surface area contributed by atoms with Gasteiger partial charge in [0.15, 0.2) is 5.82 Å². The molecule has 17 nitrogen and oxygen atoms in total. The summed E-state index contributed by atoms with van der Waals surface area (Å²) in [5, 5.41) is 52.9. The fourth-order valence-corrected chi connectivity index (χ4v) is 8.56. The minimum atomic E-state index is -2.00. The minimum Gasteiger partial charge on any atom is -0.463 e. The largest absolute Gasteiger partial charge is 0.463 e. The molecule has 59 heavy (non-hydrogen) atoms. The molecule has 0 spiro atoms. The number of aromatic nitrogens is 4. The molecule has 5 heterocycles. The monoisotopic (exact) mass is 831 g/mol. The summed E-state index contributed by atoms with van der Waals surface area (Å²) in [6, 6.07) is 11.2. The third kappa shape index (κ3) is 9.25. The van der Waals surface area contributed by atoms with E-state index in [1.807, 2.05) is 70.5 Å². The molecule has 316 valence electrons. The number of aliphatic hydroxyl groups is 3. The first-order chi connectivity index (χ1) is 28.0. The number of nitrogens with one attached hydrogen (secondary N) is 2. The highest BCUT2D eigenvalue weighted by atomic mass is 32.1. The average molecular weight is 832 g/mol. The van der Waals surface area contributed by atoms with E-state index in [1.165, 1.54) is 21.8 Å². The highest BCUT2D eigenvalue weighted by Crippen LogP contribution is 2.40. The second-order valence-electron chi connectivity index (χ2n) is 16.4. The van der Waals surface area contributed by atoms with E-state index in [9.17, 15) is 35.0 Å². The molecule has 2 aliphatic heterocycles. The first kappa shape index (κ1) is 43.5. The Hall–Kier alpha value is -5.03. The number of thiazole rings is 1. The summed E-state index contributed by atoms with van der Waals surface area (Å²) in [5.74, 6) is -0.974. The van der Waals surface area contributed by atoms with E-state index in [1.54, 1.807) is 17.4 Å². The number of nitrogens with zero attached hydrogens (tertiary/aromatic N) is 6. The first-order valence-electron chi connectivity index (χ1n) is 19.8. The molecule has 2 fully saturated rings. The molecule has 0 unspecified atom stereocenters. The van der Waals surface area contributed by atoms with Crippen molar-refractivity contribution in [2.24, 2.45) is 5.41 Å². The molecule has 0 bridgehead atoms. The number of carbonyl (C=O) groups excluding carboxylic acids is 3.